The molecular formula is C10H12ClN5S. The maximum atomic E-state index is 6.03. The molecule has 17 heavy (non-hydrogen) atoms. The van der Waals surface area contributed by atoms with Crippen LogP contribution in [-0.4, -0.2) is 26.5 Å². The SMILES string of the molecule is CCCNc1ncc(Cl)c(Sc2ncc[nH]2)n1. The lowest BCUT2D eigenvalue weighted by Gasteiger charge is -2.05. The second-order valence-electron chi connectivity index (χ2n) is 3.27. The van der Waals surface area contributed by atoms with Crippen LogP contribution in [0.5, 0.6) is 0 Å². The zero-order valence-electron chi connectivity index (χ0n) is 9.27. The number of halogens is 1. The Morgan fingerprint density at radius 1 is 1.47 bits per heavy atom. The number of H-pyrrole nitrogens is 1. The summed E-state index contributed by atoms with van der Waals surface area (Å²) in [6.45, 7) is 2.92. The quantitative estimate of drug-likeness (QED) is 0.817. The molecule has 2 aromatic heterocycles. The molecule has 2 N–H and O–H groups in total. The zero-order valence-corrected chi connectivity index (χ0v) is 10.8. The summed E-state index contributed by atoms with van der Waals surface area (Å²) in [6, 6.07) is 0. The molecule has 0 unspecified atom stereocenters. The first-order valence-corrected chi connectivity index (χ1v) is 6.42. The van der Waals surface area contributed by atoms with Gasteiger partial charge in [-0.3, -0.25) is 0 Å². The monoisotopic (exact) mass is 269 g/mol. The second kappa shape index (κ2) is 5.88. The number of rotatable bonds is 5. The van der Waals surface area contributed by atoms with Gasteiger partial charge in [0.2, 0.25) is 5.95 Å². The first-order chi connectivity index (χ1) is 8.29. The van der Waals surface area contributed by atoms with Crippen LogP contribution in [0.15, 0.2) is 28.8 Å². The third-order valence-corrected chi connectivity index (χ3v) is 3.22. The molecule has 0 aliphatic carbocycles. The summed E-state index contributed by atoms with van der Waals surface area (Å²) in [4.78, 5) is 15.5. The Labute approximate surface area is 108 Å². The highest BCUT2D eigenvalue weighted by molar-refractivity contribution is 7.99. The summed E-state index contributed by atoms with van der Waals surface area (Å²) in [7, 11) is 0. The van der Waals surface area contributed by atoms with E-state index >= 15 is 0 Å². The Balaban J connectivity index is 2.14. The largest absolute Gasteiger partial charge is 0.354 e. The summed E-state index contributed by atoms with van der Waals surface area (Å²) < 4.78 is 0. The highest BCUT2D eigenvalue weighted by Gasteiger charge is 2.08. The smallest absolute Gasteiger partial charge is 0.223 e. The molecule has 90 valence electrons. The molecule has 0 fully saturated rings. The van der Waals surface area contributed by atoms with Gasteiger partial charge in [0, 0.05) is 18.9 Å². The van der Waals surface area contributed by atoms with E-state index < -0.39 is 0 Å². The van der Waals surface area contributed by atoms with E-state index in [1.54, 1.807) is 18.6 Å². The lowest BCUT2D eigenvalue weighted by molar-refractivity contribution is 0.933. The predicted octanol–water partition coefficient (Wildman–Crippen LogP) is 2.83. The van der Waals surface area contributed by atoms with Gasteiger partial charge in [0.15, 0.2) is 5.16 Å². The third-order valence-electron chi connectivity index (χ3n) is 1.91. The van der Waals surface area contributed by atoms with Crippen molar-refractivity contribution in [2.45, 2.75) is 23.5 Å². The van der Waals surface area contributed by atoms with Crippen LogP contribution in [-0.2, 0) is 0 Å². The number of hydrogen-bond donors (Lipinski definition) is 2. The van der Waals surface area contributed by atoms with Crippen molar-refractivity contribution in [2.75, 3.05) is 11.9 Å². The Hall–Kier alpha value is -1.27. The van der Waals surface area contributed by atoms with Crippen LogP contribution in [0.1, 0.15) is 13.3 Å². The van der Waals surface area contributed by atoms with Crippen LogP contribution in [0.2, 0.25) is 5.02 Å². The fourth-order valence-corrected chi connectivity index (χ4v) is 2.06. The summed E-state index contributed by atoms with van der Waals surface area (Å²) in [6.07, 6.45) is 6.06. The molecule has 5 nitrogen and oxygen atoms in total. The first-order valence-electron chi connectivity index (χ1n) is 5.23. The number of aromatic nitrogens is 4. The molecule has 7 heteroatoms. The van der Waals surface area contributed by atoms with Gasteiger partial charge in [-0.15, -0.1) is 0 Å². The first kappa shape index (κ1) is 12.2. The molecule has 0 spiro atoms. The van der Waals surface area contributed by atoms with Crippen LogP contribution < -0.4 is 5.32 Å². The maximum Gasteiger partial charge on any atom is 0.223 e. The van der Waals surface area contributed by atoms with Gasteiger partial charge >= 0.3 is 0 Å². The van der Waals surface area contributed by atoms with Crippen LogP contribution >= 0.6 is 23.4 Å². The Morgan fingerprint density at radius 3 is 3.06 bits per heavy atom. The summed E-state index contributed by atoms with van der Waals surface area (Å²) in [5, 5.41) is 5.08. The minimum Gasteiger partial charge on any atom is -0.354 e. The molecular weight excluding hydrogens is 258 g/mol. The van der Waals surface area contributed by atoms with Crippen molar-refractivity contribution < 1.29 is 0 Å². The van der Waals surface area contributed by atoms with Crippen LogP contribution in [0.3, 0.4) is 0 Å². The van der Waals surface area contributed by atoms with E-state index in [1.165, 1.54) is 11.8 Å². The van der Waals surface area contributed by atoms with Gasteiger partial charge in [0.05, 0.1) is 11.2 Å². The molecule has 0 atom stereocenters. The Bertz CT molecular complexity index is 474. The second-order valence-corrected chi connectivity index (χ2v) is 4.65. The summed E-state index contributed by atoms with van der Waals surface area (Å²) in [5.41, 5.74) is 0. The standard InChI is InChI=1S/C10H12ClN5S/c1-2-3-12-9-15-6-7(11)8(16-9)17-10-13-4-5-14-10/h4-6H,2-3H2,1H3,(H,13,14)(H,12,15,16). The van der Waals surface area contributed by atoms with Crippen molar-refractivity contribution in [3.63, 3.8) is 0 Å². The van der Waals surface area contributed by atoms with Crippen LogP contribution in [0.4, 0.5) is 5.95 Å². The van der Waals surface area contributed by atoms with Crippen molar-refractivity contribution >= 4 is 29.3 Å². The van der Waals surface area contributed by atoms with E-state index in [2.05, 4.69) is 32.2 Å². The molecule has 0 amide bonds. The number of imidazole rings is 1. The highest BCUT2D eigenvalue weighted by atomic mass is 35.5. The number of nitrogens with one attached hydrogen (secondary N) is 2. The predicted molar refractivity (Wildman–Crippen MR) is 68.5 cm³/mol. The van der Waals surface area contributed by atoms with Crippen molar-refractivity contribution in [2.24, 2.45) is 0 Å². The Kier molecular flexibility index (Phi) is 4.22. The average molecular weight is 270 g/mol. The number of nitrogens with zero attached hydrogens (tertiary/aromatic N) is 3. The zero-order chi connectivity index (χ0) is 12.1. The van der Waals surface area contributed by atoms with Crippen LogP contribution in [0.25, 0.3) is 0 Å². The van der Waals surface area contributed by atoms with Gasteiger partial charge < -0.3 is 10.3 Å². The fraction of sp³-hybridized carbons (Fsp3) is 0.300. The summed E-state index contributed by atoms with van der Waals surface area (Å²) >= 11 is 7.41. The van der Waals surface area contributed by atoms with Crippen molar-refractivity contribution in [1.82, 2.24) is 19.9 Å². The average Bonchev–Trinajstić information content (AvgIpc) is 2.83. The lowest BCUT2D eigenvalue weighted by atomic mass is 10.5. The van der Waals surface area contributed by atoms with Crippen molar-refractivity contribution in [3.05, 3.63) is 23.6 Å². The highest BCUT2D eigenvalue weighted by Crippen LogP contribution is 2.29. The van der Waals surface area contributed by atoms with Gasteiger partial charge in [-0.2, -0.15) is 0 Å². The minimum atomic E-state index is 0.522. The molecule has 0 aliphatic rings. The number of hydrogen-bond acceptors (Lipinski definition) is 5. The molecule has 0 aliphatic heterocycles. The van der Waals surface area contributed by atoms with Gasteiger partial charge in [0.25, 0.3) is 0 Å². The maximum absolute atomic E-state index is 6.03. The fourth-order valence-electron chi connectivity index (χ4n) is 1.14. The molecule has 0 radical (unpaired) electrons. The van der Waals surface area contributed by atoms with E-state index in [1.807, 2.05) is 0 Å². The molecule has 2 rings (SSSR count). The van der Waals surface area contributed by atoms with Gasteiger partial charge in [0.1, 0.15) is 5.03 Å². The molecule has 0 saturated carbocycles. The van der Waals surface area contributed by atoms with E-state index in [-0.39, 0.29) is 0 Å². The van der Waals surface area contributed by atoms with Crippen molar-refractivity contribution in [1.29, 1.82) is 0 Å². The van der Waals surface area contributed by atoms with E-state index in [0.717, 1.165) is 18.1 Å². The summed E-state index contributed by atoms with van der Waals surface area (Å²) in [5.74, 6) is 0.588. The molecule has 0 aromatic carbocycles. The molecule has 0 saturated heterocycles. The molecule has 2 heterocycles. The number of anilines is 1. The van der Waals surface area contributed by atoms with Gasteiger partial charge in [-0.1, -0.05) is 18.5 Å². The lowest BCUT2D eigenvalue weighted by Crippen LogP contribution is -2.04. The molecule has 0 bridgehead atoms. The van der Waals surface area contributed by atoms with E-state index in [9.17, 15) is 0 Å². The third kappa shape index (κ3) is 3.34. The number of aromatic amines is 1. The van der Waals surface area contributed by atoms with Gasteiger partial charge in [-0.05, 0) is 18.2 Å². The normalized spacial score (nSPS) is 10.5. The Morgan fingerprint density at radius 2 is 2.35 bits per heavy atom. The molecule has 2 aromatic rings. The van der Waals surface area contributed by atoms with E-state index in [0.29, 0.717) is 16.0 Å². The van der Waals surface area contributed by atoms with Crippen LogP contribution in [0, 0.1) is 0 Å². The topological polar surface area (TPSA) is 66.5 Å². The van der Waals surface area contributed by atoms with E-state index in [4.69, 9.17) is 11.6 Å². The van der Waals surface area contributed by atoms with Crippen molar-refractivity contribution in [3.8, 4) is 0 Å². The van der Waals surface area contributed by atoms with Gasteiger partial charge in [-0.25, -0.2) is 15.0 Å². The minimum absolute atomic E-state index is 0.522.